The van der Waals surface area contributed by atoms with Gasteiger partial charge in [-0.3, -0.25) is 4.79 Å². The van der Waals surface area contributed by atoms with Gasteiger partial charge in [0, 0.05) is 18.6 Å². The molecule has 220 valence electrons. The summed E-state index contributed by atoms with van der Waals surface area (Å²) < 4.78 is 77.8. The Labute approximate surface area is 245 Å². The molecule has 13 heteroatoms. The van der Waals surface area contributed by atoms with Gasteiger partial charge in [-0.2, -0.15) is 13.2 Å². The van der Waals surface area contributed by atoms with Gasteiger partial charge in [0.05, 0.1) is 36.9 Å². The quantitative estimate of drug-likeness (QED) is 0.125. The molecule has 0 amide bonds. The molecule has 0 aliphatic rings. The van der Waals surface area contributed by atoms with Gasteiger partial charge in [-0.25, -0.2) is 13.9 Å². The number of hydrogen-bond donors (Lipinski definition) is 0. The fraction of sp³-hybridized carbons (Fsp3) is 0.167. The van der Waals surface area contributed by atoms with E-state index in [9.17, 15) is 22.4 Å². The zero-order chi connectivity index (χ0) is 30.3. The van der Waals surface area contributed by atoms with Crippen molar-refractivity contribution in [2.45, 2.75) is 19.2 Å². The van der Waals surface area contributed by atoms with Gasteiger partial charge in [0.25, 0.3) is 5.19 Å². The first-order chi connectivity index (χ1) is 20.6. The smallest absolute Gasteiger partial charge is 0.416 e. The number of alkyl halides is 3. The zero-order valence-corrected chi connectivity index (χ0v) is 23.4. The average molecular weight is 612 g/mol. The van der Waals surface area contributed by atoms with Crippen molar-refractivity contribution >= 4 is 33.1 Å². The molecule has 0 spiro atoms. The van der Waals surface area contributed by atoms with Crippen LogP contribution >= 0.6 is 11.3 Å². The number of imidazole rings is 1. The van der Waals surface area contributed by atoms with Crippen LogP contribution in [0.3, 0.4) is 0 Å². The third kappa shape index (κ3) is 5.75. The largest absolute Gasteiger partial charge is 0.496 e. The van der Waals surface area contributed by atoms with Gasteiger partial charge >= 0.3 is 6.18 Å². The summed E-state index contributed by atoms with van der Waals surface area (Å²) >= 11 is 1.29. The topological polar surface area (TPSA) is 88.1 Å². The predicted octanol–water partition coefficient (Wildman–Crippen LogP) is 7.38. The Bertz CT molecular complexity index is 1950. The lowest BCUT2D eigenvalue weighted by Gasteiger charge is -2.11. The van der Waals surface area contributed by atoms with Crippen molar-refractivity contribution in [3.05, 3.63) is 94.9 Å². The highest BCUT2D eigenvalue weighted by Gasteiger charge is 2.32. The van der Waals surface area contributed by atoms with Crippen molar-refractivity contribution in [2.75, 3.05) is 14.2 Å². The second-order valence-electron chi connectivity index (χ2n) is 9.47. The highest BCUT2D eigenvalue weighted by Crippen LogP contribution is 2.38. The van der Waals surface area contributed by atoms with E-state index in [4.69, 9.17) is 18.6 Å². The van der Waals surface area contributed by atoms with Gasteiger partial charge < -0.3 is 18.6 Å². The molecule has 0 bridgehead atoms. The number of furan rings is 1. The molecule has 3 heterocycles. The Morgan fingerprint density at radius 1 is 1.02 bits per heavy atom. The summed E-state index contributed by atoms with van der Waals surface area (Å²) in [5.41, 5.74) is 0.554. The first-order valence-corrected chi connectivity index (χ1v) is 13.6. The molecule has 0 unspecified atom stereocenters. The fourth-order valence-electron chi connectivity index (χ4n) is 4.52. The Morgan fingerprint density at radius 2 is 1.84 bits per heavy atom. The number of carbonyl (C=O) groups excluding carboxylic acids is 1. The summed E-state index contributed by atoms with van der Waals surface area (Å²) in [5, 5.41) is 5.43. The fourth-order valence-corrected chi connectivity index (χ4v) is 5.22. The molecule has 6 rings (SSSR count). The molecule has 0 aliphatic heterocycles. The maximum absolute atomic E-state index is 14.2. The number of ether oxygens (including phenoxy) is 3. The van der Waals surface area contributed by atoms with Gasteiger partial charge in [-0.05, 0) is 46.7 Å². The van der Waals surface area contributed by atoms with Crippen molar-refractivity contribution in [1.82, 2.24) is 14.6 Å². The third-order valence-electron chi connectivity index (χ3n) is 6.60. The second-order valence-corrected chi connectivity index (χ2v) is 10.4. The highest BCUT2D eigenvalue weighted by molar-refractivity contribution is 7.18. The molecule has 0 aliphatic carbocycles. The molecule has 3 aromatic carbocycles. The maximum Gasteiger partial charge on any atom is 0.416 e. The van der Waals surface area contributed by atoms with E-state index in [-0.39, 0.29) is 13.0 Å². The number of carbonyl (C=O) groups is 1. The van der Waals surface area contributed by atoms with E-state index in [1.807, 2.05) is 0 Å². The van der Waals surface area contributed by atoms with E-state index < -0.39 is 28.9 Å². The number of hydrogen-bond acceptors (Lipinski definition) is 8. The minimum absolute atomic E-state index is 0.0899. The number of Topliss-reactive ketones (excluding diaryl/α,β-unsaturated/α-hetero) is 1. The van der Waals surface area contributed by atoms with Crippen molar-refractivity contribution in [1.29, 1.82) is 0 Å². The minimum atomic E-state index is -4.69. The number of halogens is 4. The van der Waals surface area contributed by atoms with E-state index in [1.54, 1.807) is 53.2 Å². The summed E-state index contributed by atoms with van der Waals surface area (Å²) in [7, 11) is 3.05. The van der Waals surface area contributed by atoms with E-state index in [0.29, 0.717) is 73.4 Å². The van der Waals surface area contributed by atoms with Crippen molar-refractivity contribution in [3.63, 3.8) is 0 Å². The number of ketones is 1. The molecule has 8 nitrogen and oxygen atoms in total. The monoisotopic (exact) mass is 611 g/mol. The summed E-state index contributed by atoms with van der Waals surface area (Å²) in [6.45, 7) is 0.0899. The first-order valence-electron chi connectivity index (χ1n) is 12.7. The van der Waals surface area contributed by atoms with Crippen LogP contribution in [-0.2, 0) is 19.2 Å². The second kappa shape index (κ2) is 11.1. The molecular weight excluding hydrogens is 590 g/mol. The van der Waals surface area contributed by atoms with E-state index in [2.05, 4.69) is 10.1 Å². The number of methoxy groups -OCH3 is 2. The molecule has 0 fully saturated rings. The van der Waals surface area contributed by atoms with Crippen LogP contribution in [0.5, 0.6) is 16.7 Å². The zero-order valence-electron chi connectivity index (χ0n) is 22.6. The van der Waals surface area contributed by atoms with Crippen molar-refractivity contribution in [2.24, 2.45) is 0 Å². The van der Waals surface area contributed by atoms with Gasteiger partial charge in [-0.15, -0.1) is 5.10 Å². The number of benzene rings is 3. The highest BCUT2D eigenvalue weighted by atomic mass is 32.1. The Hall–Kier alpha value is -4.91. The third-order valence-corrected chi connectivity index (χ3v) is 7.49. The summed E-state index contributed by atoms with van der Waals surface area (Å²) in [5.74, 6) is -0.312. The Kier molecular flexibility index (Phi) is 7.26. The molecule has 0 saturated carbocycles. The van der Waals surface area contributed by atoms with Gasteiger partial charge in [0.2, 0.25) is 4.96 Å². The van der Waals surface area contributed by atoms with Crippen LogP contribution in [0.1, 0.15) is 27.0 Å². The molecule has 6 aromatic rings. The molecule has 3 aromatic heterocycles. The Balaban J connectivity index is 1.22. The number of aromatic nitrogens is 3. The van der Waals surface area contributed by atoms with E-state index >= 15 is 0 Å². The molecule has 0 saturated heterocycles. The lowest BCUT2D eigenvalue weighted by atomic mass is 9.99. The predicted molar refractivity (Wildman–Crippen MR) is 149 cm³/mol. The lowest BCUT2D eigenvalue weighted by molar-refractivity contribution is -0.137. The average Bonchev–Trinajstić information content (AvgIpc) is 3.68. The summed E-state index contributed by atoms with van der Waals surface area (Å²) in [6.07, 6.45) is -3.26. The van der Waals surface area contributed by atoms with Crippen molar-refractivity contribution in [3.8, 4) is 28.1 Å². The molecule has 0 N–H and O–H groups in total. The number of rotatable bonds is 9. The minimum Gasteiger partial charge on any atom is -0.496 e. The number of nitrogens with zero attached hydrogens (tertiary/aromatic N) is 3. The van der Waals surface area contributed by atoms with Crippen LogP contribution in [0, 0.1) is 5.82 Å². The van der Waals surface area contributed by atoms with E-state index in [1.165, 1.54) is 25.6 Å². The molecular formula is C30H21F4N3O5S. The van der Waals surface area contributed by atoms with Crippen molar-refractivity contribution < 1.29 is 41.0 Å². The van der Waals surface area contributed by atoms with Crippen LogP contribution in [0.25, 0.3) is 27.4 Å². The standard InChI is InChI=1S/C30H21F4N3O5S/c1-39-19-11-25(21-13-27(42-26(21)12-19)23-14-37-28(35-23)43-29(36-37)40-2)41-15-17-5-3-4-16(8-17)9-24(38)20-10-18(30(32,33)34)6-7-22(20)31/h3-8,10-14H,9,15H2,1-2H3. The van der Waals surface area contributed by atoms with Crippen LogP contribution in [0.4, 0.5) is 17.6 Å². The molecule has 0 radical (unpaired) electrons. The summed E-state index contributed by atoms with van der Waals surface area (Å²) in [6, 6.07) is 13.8. The van der Waals surface area contributed by atoms with Crippen LogP contribution in [0.2, 0.25) is 0 Å². The van der Waals surface area contributed by atoms with Gasteiger partial charge in [-0.1, -0.05) is 24.3 Å². The number of fused-ring (bicyclic) bond motifs is 2. The van der Waals surface area contributed by atoms with Crippen LogP contribution in [-0.4, -0.2) is 34.6 Å². The van der Waals surface area contributed by atoms with E-state index in [0.717, 1.165) is 0 Å². The molecule has 43 heavy (non-hydrogen) atoms. The van der Waals surface area contributed by atoms with Gasteiger partial charge in [0.15, 0.2) is 11.5 Å². The normalized spacial score (nSPS) is 11.8. The lowest BCUT2D eigenvalue weighted by Crippen LogP contribution is -2.11. The molecule has 0 atom stereocenters. The maximum atomic E-state index is 14.2. The van der Waals surface area contributed by atoms with Crippen LogP contribution in [0.15, 0.2) is 71.3 Å². The first kappa shape index (κ1) is 28.2. The van der Waals surface area contributed by atoms with Gasteiger partial charge in [0.1, 0.15) is 35.2 Å². The van der Waals surface area contributed by atoms with Crippen LogP contribution < -0.4 is 14.2 Å². The summed E-state index contributed by atoms with van der Waals surface area (Å²) in [4.78, 5) is 17.9. The Morgan fingerprint density at radius 3 is 2.58 bits per heavy atom. The SMILES string of the molecule is COc1cc(OCc2cccc(CC(=O)c3cc(C(F)(F)F)ccc3F)c2)c2cc(-c3cn4nc(OC)sc4n3)oc2c1.